The lowest BCUT2D eigenvalue weighted by molar-refractivity contribution is 0.0683. The molecule has 0 saturated heterocycles. The Morgan fingerprint density at radius 1 is 1.31 bits per heavy atom. The van der Waals surface area contributed by atoms with Crippen molar-refractivity contribution in [1.82, 2.24) is 20.8 Å². The molecule has 1 aromatic heterocycles. The topological polar surface area (TPSA) is 84.6 Å². The highest BCUT2D eigenvalue weighted by atomic mass is 19.2. The average Bonchev–Trinajstić information content (AvgIpc) is 3.10. The molecule has 1 heterocycles. The third-order valence-electron chi connectivity index (χ3n) is 3.69. The van der Waals surface area contributed by atoms with Crippen LogP contribution in [0.25, 0.3) is 0 Å². The number of nitrogens with one attached hydrogen (secondary N) is 2. The van der Waals surface area contributed by atoms with Gasteiger partial charge in [0.2, 0.25) is 5.89 Å². The lowest BCUT2D eigenvalue weighted by Crippen LogP contribution is -2.38. The Kier molecular flexibility index (Phi) is 7.02. The molecule has 0 aliphatic carbocycles. The molecule has 2 unspecified atom stereocenters. The second-order valence-electron chi connectivity index (χ2n) is 5.61. The first-order valence-corrected chi connectivity index (χ1v) is 8.30. The van der Waals surface area contributed by atoms with Crippen LogP contribution in [0, 0.1) is 11.6 Å². The van der Waals surface area contributed by atoms with Crippen molar-refractivity contribution >= 4 is 5.96 Å². The van der Waals surface area contributed by atoms with Crippen LogP contribution < -0.4 is 10.6 Å². The standard InChI is InChI=1S/C17H23F2N5O2/c1-5-25-11(3)16-23-15(26-24-16)9-21-17(20-4)22-10(2)12-6-7-13(18)14(19)8-12/h6-8,10-11H,5,9H2,1-4H3,(H2,20,21,22). The molecule has 9 heteroatoms. The molecular weight excluding hydrogens is 344 g/mol. The third kappa shape index (κ3) is 5.22. The van der Waals surface area contributed by atoms with Crippen LogP contribution in [0.3, 0.4) is 0 Å². The maximum atomic E-state index is 13.4. The predicted octanol–water partition coefficient (Wildman–Crippen LogP) is 2.87. The summed E-state index contributed by atoms with van der Waals surface area (Å²) in [6, 6.07) is 3.48. The van der Waals surface area contributed by atoms with Crippen LogP contribution in [0.5, 0.6) is 0 Å². The van der Waals surface area contributed by atoms with Gasteiger partial charge in [0.15, 0.2) is 23.4 Å². The number of rotatable bonds is 7. The van der Waals surface area contributed by atoms with Crippen LogP contribution in [-0.4, -0.2) is 29.8 Å². The van der Waals surface area contributed by atoms with E-state index in [4.69, 9.17) is 9.26 Å². The van der Waals surface area contributed by atoms with E-state index in [1.54, 1.807) is 7.05 Å². The summed E-state index contributed by atoms with van der Waals surface area (Å²) in [6.07, 6.45) is -0.247. The minimum atomic E-state index is -0.888. The van der Waals surface area contributed by atoms with E-state index in [0.717, 1.165) is 12.1 Å². The van der Waals surface area contributed by atoms with Crippen LogP contribution >= 0.6 is 0 Å². The summed E-state index contributed by atoms with van der Waals surface area (Å²) >= 11 is 0. The van der Waals surface area contributed by atoms with Crippen LogP contribution in [0.2, 0.25) is 0 Å². The fraction of sp³-hybridized carbons (Fsp3) is 0.471. The van der Waals surface area contributed by atoms with Crippen molar-refractivity contribution in [2.45, 2.75) is 39.5 Å². The van der Waals surface area contributed by atoms with E-state index in [1.807, 2.05) is 20.8 Å². The van der Waals surface area contributed by atoms with Gasteiger partial charge >= 0.3 is 0 Å². The molecule has 26 heavy (non-hydrogen) atoms. The van der Waals surface area contributed by atoms with Gasteiger partial charge in [0.05, 0.1) is 12.6 Å². The van der Waals surface area contributed by atoms with Gasteiger partial charge in [-0.05, 0) is 38.5 Å². The van der Waals surface area contributed by atoms with Crippen LogP contribution in [-0.2, 0) is 11.3 Å². The number of ether oxygens (including phenoxy) is 1. The molecule has 0 aliphatic heterocycles. The zero-order valence-electron chi connectivity index (χ0n) is 15.2. The van der Waals surface area contributed by atoms with Gasteiger partial charge in [-0.1, -0.05) is 11.2 Å². The Bertz CT molecular complexity index is 751. The van der Waals surface area contributed by atoms with Gasteiger partial charge < -0.3 is 19.9 Å². The van der Waals surface area contributed by atoms with Crippen LogP contribution in [0.1, 0.15) is 50.2 Å². The second kappa shape index (κ2) is 9.23. The first-order valence-electron chi connectivity index (χ1n) is 8.30. The monoisotopic (exact) mass is 367 g/mol. The van der Waals surface area contributed by atoms with Crippen molar-refractivity contribution in [3.8, 4) is 0 Å². The van der Waals surface area contributed by atoms with E-state index in [9.17, 15) is 8.78 Å². The Morgan fingerprint density at radius 2 is 2.08 bits per heavy atom. The van der Waals surface area contributed by atoms with Gasteiger partial charge in [0.25, 0.3) is 0 Å². The Morgan fingerprint density at radius 3 is 2.73 bits per heavy atom. The number of nitrogens with zero attached hydrogens (tertiary/aromatic N) is 3. The lowest BCUT2D eigenvalue weighted by atomic mass is 10.1. The highest BCUT2D eigenvalue weighted by Crippen LogP contribution is 2.16. The first-order chi connectivity index (χ1) is 12.4. The maximum Gasteiger partial charge on any atom is 0.246 e. The molecule has 0 bridgehead atoms. The van der Waals surface area contributed by atoms with Gasteiger partial charge in [-0.25, -0.2) is 8.78 Å². The normalized spacial score (nSPS) is 14.2. The number of guanidine groups is 1. The molecule has 2 aromatic rings. The van der Waals surface area contributed by atoms with E-state index < -0.39 is 11.6 Å². The van der Waals surface area contributed by atoms with E-state index in [0.29, 0.717) is 29.8 Å². The largest absolute Gasteiger partial charge is 0.371 e. The summed E-state index contributed by atoms with van der Waals surface area (Å²) < 4.78 is 37.0. The molecule has 0 spiro atoms. The summed E-state index contributed by atoms with van der Waals surface area (Å²) in [5, 5.41) is 9.99. The number of aliphatic imine (C=N–C) groups is 1. The van der Waals surface area contributed by atoms with E-state index >= 15 is 0 Å². The third-order valence-corrected chi connectivity index (χ3v) is 3.69. The fourth-order valence-electron chi connectivity index (χ4n) is 2.25. The predicted molar refractivity (Wildman–Crippen MR) is 92.4 cm³/mol. The zero-order valence-corrected chi connectivity index (χ0v) is 15.2. The Balaban J connectivity index is 1.92. The van der Waals surface area contributed by atoms with Gasteiger partial charge in [0, 0.05) is 13.7 Å². The summed E-state index contributed by atoms with van der Waals surface area (Å²) in [7, 11) is 1.60. The second-order valence-corrected chi connectivity index (χ2v) is 5.61. The number of halogens is 2. The van der Waals surface area contributed by atoms with Gasteiger partial charge in [-0.2, -0.15) is 4.98 Å². The molecule has 0 fully saturated rings. The minimum Gasteiger partial charge on any atom is -0.371 e. The number of aromatic nitrogens is 2. The van der Waals surface area contributed by atoms with Crippen molar-refractivity contribution in [1.29, 1.82) is 0 Å². The molecular formula is C17H23F2N5O2. The number of benzene rings is 1. The minimum absolute atomic E-state index is 0.247. The summed E-state index contributed by atoms with van der Waals surface area (Å²) in [5.74, 6) is -0.450. The van der Waals surface area contributed by atoms with E-state index in [1.165, 1.54) is 6.07 Å². The summed E-state index contributed by atoms with van der Waals surface area (Å²) in [5.41, 5.74) is 0.595. The highest BCUT2D eigenvalue weighted by molar-refractivity contribution is 5.79. The first kappa shape index (κ1) is 19.8. The van der Waals surface area contributed by atoms with Crippen molar-refractivity contribution in [2.75, 3.05) is 13.7 Å². The zero-order chi connectivity index (χ0) is 19.1. The molecule has 1 aromatic carbocycles. The molecule has 0 amide bonds. The Labute approximate surface area is 150 Å². The van der Waals surface area contributed by atoms with Gasteiger partial charge in [-0.3, -0.25) is 4.99 Å². The SMILES string of the molecule is CCOC(C)c1noc(CNC(=NC)NC(C)c2ccc(F)c(F)c2)n1. The van der Waals surface area contributed by atoms with Gasteiger partial charge in [0.1, 0.15) is 6.10 Å². The number of hydrogen-bond donors (Lipinski definition) is 2. The van der Waals surface area contributed by atoms with Crippen molar-refractivity contribution in [3.63, 3.8) is 0 Å². The van der Waals surface area contributed by atoms with Crippen molar-refractivity contribution < 1.29 is 18.0 Å². The molecule has 0 aliphatic rings. The molecule has 2 atom stereocenters. The van der Waals surface area contributed by atoms with Gasteiger partial charge in [-0.15, -0.1) is 0 Å². The molecule has 2 rings (SSSR count). The Hall–Kier alpha value is -2.55. The molecule has 142 valence electrons. The lowest BCUT2D eigenvalue weighted by Gasteiger charge is -2.17. The van der Waals surface area contributed by atoms with Crippen LogP contribution in [0.4, 0.5) is 8.78 Å². The quantitative estimate of drug-likeness (QED) is 0.578. The van der Waals surface area contributed by atoms with Crippen LogP contribution in [0.15, 0.2) is 27.7 Å². The maximum absolute atomic E-state index is 13.4. The van der Waals surface area contributed by atoms with Crippen molar-refractivity contribution in [2.24, 2.45) is 4.99 Å². The van der Waals surface area contributed by atoms with E-state index in [-0.39, 0.29) is 18.7 Å². The van der Waals surface area contributed by atoms with E-state index in [2.05, 4.69) is 25.8 Å². The fourth-order valence-corrected chi connectivity index (χ4v) is 2.25. The van der Waals surface area contributed by atoms with Crippen molar-refractivity contribution in [3.05, 3.63) is 47.1 Å². The molecule has 7 nitrogen and oxygen atoms in total. The average molecular weight is 367 g/mol. The molecule has 0 radical (unpaired) electrons. The highest BCUT2D eigenvalue weighted by Gasteiger charge is 2.15. The summed E-state index contributed by atoms with van der Waals surface area (Å²) in [6.45, 7) is 6.37. The summed E-state index contributed by atoms with van der Waals surface area (Å²) in [4.78, 5) is 8.35. The number of hydrogen-bond acceptors (Lipinski definition) is 5. The molecule has 2 N–H and O–H groups in total. The molecule has 0 saturated carbocycles. The smallest absolute Gasteiger partial charge is 0.246 e.